The van der Waals surface area contributed by atoms with Gasteiger partial charge in [0.2, 0.25) is 0 Å². The third-order valence-corrected chi connectivity index (χ3v) is 1.66. The maximum Gasteiger partial charge on any atom is 0.150 e. The molecule has 1 aromatic rings. The maximum absolute atomic E-state index is 4.04. The molecule has 0 aliphatic rings. The zero-order valence-electron chi connectivity index (χ0n) is 8.41. The van der Waals surface area contributed by atoms with E-state index in [2.05, 4.69) is 22.4 Å². The minimum atomic E-state index is 0.840. The lowest BCUT2D eigenvalue weighted by molar-refractivity contribution is 0.927. The molecule has 1 aromatic heterocycles. The number of nitrogens with zero attached hydrogens (tertiary/aromatic N) is 3. The topological polar surface area (TPSA) is 41.0 Å². The van der Waals surface area contributed by atoms with E-state index in [1.165, 1.54) is 0 Å². The van der Waals surface area contributed by atoms with E-state index >= 15 is 0 Å². The molecular formula is C9H16N4. The van der Waals surface area contributed by atoms with Gasteiger partial charge in [0.1, 0.15) is 5.82 Å². The van der Waals surface area contributed by atoms with Gasteiger partial charge in [-0.1, -0.05) is 6.92 Å². The SMILES string of the molecule is CCCNc1ccc(N(C)C)nn1. The zero-order chi connectivity index (χ0) is 9.68. The molecule has 1 rings (SSSR count). The molecule has 0 saturated carbocycles. The molecular weight excluding hydrogens is 164 g/mol. The largest absolute Gasteiger partial charge is 0.369 e. The van der Waals surface area contributed by atoms with Gasteiger partial charge in [0, 0.05) is 20.6 Å². The third-order valence-electron chi connectivity index (χ3n) is 1.66. The second-order valence-corrected chi connectivity index (χ2v) is 3.10. The first kappa shape index (κ1) is 9.77. The van der Waals surface area contributed by atoms with Crippen LogP contribution in [0.15, 0.2) is 12.1 Å². The monoisotopic (exact) mass is 180 g/mol. The number of hydrogen-bond donors (Lipinski definition) is 1. The van der Waals surface area contributed by atoms with Gasteiger partial charge < -0.3 is 10.2 Å². The average Bonchev–Trinajstić information content (AvgIpc) is 2.15. The van der Waals surface area contributed by atoms with Gasteiger partial charge in [-0.25, -0.2) is 0 Å². The van der Waals surface area contributed by atoms with Crippen molar-refractivity contribution in [2.75, 3.05) is 30.9 Å². The number of hydrogen-bond acceptors (Lipinski definition) is 4. The molecule has 0 unspecified atom stereocenters. The molecule has 0 aliphatic heterocycles. The fourth-order valence-corrected chi connectivity index (χ4v) is 0.911. The predicted octanol–water partition coefficient (Wildman–Crippen LogP) is 1.36. The lowest BCUT2D eigenvalue weighted by atomic mass is 10.4. The summed E-state index contributed by atoms with van der Waals surface area (Å²) in [4.78, 5) is 1.93. The molecule has 72 valence electrons. The van der Waals surface area contributed by atoms with Gasteiger partial charge in [0.05, 0.1) is 0 Å². The molecule has 0 spiro atoms. The van der Waals surface area contributed by atoms with Crippen molar-refractivity contribution in [2.24, 2.45) is 0 Å². The predicted molar refractivity (Wildman–Crippen MR) is 55.1 cm³/mol. The summed E-state index contributed by atoms with van der Waals surface area (Å²) in [5.41, 5.74) is 0. The fraction of sp³-hybridized carbons (Fsp3) is 0.556. The fourth-order valence-electron chi connectivity index (χ4n) is 0.911. The molecule has 0 bridgehead atoms. The summed E-state index contributed by atoms with van der Waals surface area (Å²) in [5, 5.41) is 11.2. The van der Waals surface area contributed by atoms with E-state index in [1.54, 1.807) is 0 Å². The van der Waals surface area contributed by atoms with E-state index in [9.17, 15) is 0 Å². The summed E-state index contributed by atoms with van der Waals surface area (Å²) in [5.74, 6) is 1.72. The van der Waals surface area contributed by atoms with Crippen molar-refractivity contribution < 1.29 is 0 Å². The minimum absolute atomic E-state index is 0.840. The second-order valence-electron chi connectivity index (χ2n) is 3.10. The maximum atomic E-state index is 4.04. The van der Waals surface area contributed by atoms with Crippen molar-refractivity contribution in [3.8, 4) is 0 Å². The molecule has 0 fully saturated rings. The molecule has 0 aliphatic carbocycles. The van der Waals surface area contributed by atoms with Crippen molar-refractivity contribution in [1.29, 1.82) is 0 Å². The number of rotatable bonds is 4. The molecule has 1 heterocycles. The third kappa shape index (κ3) is 2.89. The minimum Gasteiger partial charge on any atom is -0.369 e. The number of anilines is 2. The van der Waals surface area contributed by atoms with E-state index in [1.807, 2.05) is 31.1 Å². The van der Waals surface area contributed by atoms with E-state index in [0.29, 0.717) is 0 Å². The van der Waals surface area contributed by atoms with Crippen LogP contribution < -0.4 is 10.2 Å². The Balaban J connectivity index is 2.59. The van der Waals surface area contributed by atoms with Gasteiger partial charge in [-0.3, -0.25) is 0 Å². The van der Waals surface area contributed by atoms with Crippen LogP contribution in [0.1, 0.15) is 13.3 Å². The molecule has 0 atom stereocenters. The van der Waals surface area contributed by atoms with Crippen LogP contribution in [0.4, 0.5) is 11.6 Å². The van der Waals surface area contributed by atoms with E-state index < -0.39 is 0 Å². The van der Waals surface area contributed by atoms with Gasteiger partial charge in [0.25, 0.3) is 0 Å². The highest BCUT2D eigenvalue weighted by atomic mass is 15.3. The van der Waals surface area contributed by atoms with Crippen LogP contribution in [0.3, 0.4) is 0 Å². The average molecular weight is 180 g/mol. The van der Waals surface area contributed by atoms with Gasteiger partial charge >= 0.3 is 0 Å². The van der Waals surface area contributed by atoms with Crippen molar-refractivity contribution in [3.05, 3.63) is 12.1 Å². The molecule has 4 heteroatoms. The van der Waals surface area contributed by atoms with Crippen LogP contribution in [0.5, 0.6) is 0 Å². The smallest absolute Gasteiger partial charge is 0.150 e. The number of nitrogens with one attached hydrogen (secondary N) is 1. The van der Waals surface area contributed by atoms with Crippen LogP contribution in [0.25, 0.3) is 0 Å². The second kappa shape index (κ2) is 4.64. The summed E-state index contributed by atoms with van der Waals surface area (Å²) < 4.78 is 0. The first-order valence-corrected chi connectivity index (χ1v) is 4.49. The van der Waals surface area contributed by atoms with E-state index in [4.69, 9.17) is 0 Å². The first-order valence-electron chi connectivity index (χ1n) is 4.49. The normalized spacial score (nSPS) is 9.77. The molecule has 0 saturated heterocycles. The molecule has 1 N–H and O–H groups in total. The lowest BCUT2D eigenvalue weighted by Gasteiger charge is -2.10. The van der Waals surface area contributed by atoms with Gasteiger partial charge in [-0.2, -0.15) is 0 Å². The standard InChI is InChI=1S/C9H16N4/c1-4-7-10-8-5-6-9(12-11-8)13(2)3/h5-6H,4,7H2,1-3H3,(H,10,11). The van der Waals surface area contributed by atoms with Crippen molar-refractivity contribution in [1.82, 2.24) is 10.2 Å². The summed E-state index contributed by atoms with van der Waals surface area (Å²) >= 11 is 0. The number of aromatic nitrogens is 2. The van der Waals surface area contributed by atoms with Crippen LogP contribution in [-0.2, 0) is 0 Å². The zero-order valence-corrected chi connectivity index (χ0v) is 8.41. The highest BCUT2D eigenvalue weighted by molar-refractivity contribution is 5.42. The van der Waals surface area contributed by atoms with Crippen molar-refractivity contribution in [3.63, 3.8) is 0 Å². The van der Waals surface area contributed by atoms with Gasteiger partial charge in [0.15, 0.2) is 5.82 Å². The summed E-state index contributed by atoms with van der Waals surface area (Å²) in [6, 6.07) is 3.89. The van der Waals surface area contributed by atoms with Crippen molar-refractivity contribution in [2.45, 2.75) is 13.3 Å². The quantitative estimate of drug-likeness (QED) is 0.759. The van der Waals surface area contributed by atoms with Gasteiger partial charge in [-0.05, 0) is 18.6 Å². The highest BCUT2D eigenvalue weighted by Crippen LogP contribution is 2.07. The molecule has 0 radical (unpaired) electrons. The first-order chi connectivity index (χ1) is 6.24. The van der Waals surface area contributed by atoms with Crippen LogP contribution >= 0.6 is 0 Å². The summed E-state index contributed by atoms with van der Waals surface area (Å²) in [6.07, 6.45) is 1.09. The Labute approximate surface area is 79.0 Å². The Hall–Kier alpha value is -1.32. The highest BCUT2D eigenvalue weighted by Gasteiger charge is 1.97. The molecule has 13 heavy (non-hydrogen) atoms. The molecule has 0 aromatic carbocycles. The Morgan fingerprint density at radius 3 is 2.54 bits per heavy atom. The molecule has 0 amide bonds. The molecule has 4 nitrogen and oxygen atoms in total. The Morgan fingerprint density at radius 1 is 1.31 bits per heavy atom. The Morgan fingerprint density at radius 2 is 2.08 bits per heavy atom. The van der Waals surface area contributed by atoms with Gasteiger partial charge in [-0.15, -0.1) is 10.2 Å². The van der Waals surface area contributed by atoms with Crippen LogP contribution in [0, 0.1) is 0 Å². The summed E-state index contributed by atoms with van der Waals surface area (Å²) in [7, 11) is 3.90. The lowest BCUT2D eigenvalue weighted by Crippen LogP contribution is -2.12. The Bertz CT molecular complexity index is 242. The van der Waals surface area contributed by atoms with E-state index in [-0.39, 0.29) is 0 Å². The van der Waals surface area contributed by atoms with E-state index in [0.717, 1.165) is 24.6 Å². The van der Waals surface area contributed by atoms with Crippen LogP contribution in [0.2, 0.25) is 0 Å². The van der Waals surface area contributed by atoms with Crippen molar-refractivity contribution >= 4 is 11.6 Å². The van der Waals surface area contributed by atoms with Crippen LogP contribution in [-0.4, -0.2) is 30.8 Å². The Kier molecular flexibility index (Phi) is 3.49. The summed E-state index contributed by atoms with van der Waals surface area (Å²) in [6.45, 7) is 3.06.